The van der Waals surface area contributed by atoms with Crippen LogP contribution in [-0.4, -0.2) is 53.7 Å². The molecule has 2 aromatic carbocycles. The maximum Gasteiger partial charge on any atom is 0.410 e. The number of hydrogen-bond donors (Lipinski definition) is 0. The molecule has 0 N–H and O–H groups in total. The van der Waals surface area contributed by atoms with Gasteiger partial charge in [-0.2, -0.15) is 0 Å². The number of amides is 1. The van der Waals surface area contributed by atoms with Crippen molar-refractivity contribution < 1.29 is 14.3 Å². The highest BCUT2D eigenvalue weighted by Gasteiger charge is 2.51. The molecule has 38 heavy (non-hydrogen) atoms. The maximum absolute atomic E-state index is 12.4. The lowest BCUT2D eigenvalue weighted by atomic mass is 9.78. The summed E-state index contributed by atoms with van der Waals surface area (Å²) in [6.07, 6.45) is 5.90. The van der Waals surface area contributed by atoms with Crippen molar-refractivity contribution in [1.82, 2.24) is 9.80 Å². The number of piperidine rings is 1. The Hall–Kier alpha value is -2.53. The minimum absolute atomic E-state index is 0.152. The quantitative estimate of drug-likeness (QED) is 0.421. The van der Waals surface area contributed by atoms with E-state index in [9.17, 15) is 4.79 Å². The van der Waals surface area contributed by atoms with Gasteiger partial charge in [0.25, 0.3) is 0 Å². The van der Waals surface area contributed by atoms with Gasteiger partial charge in [0, 0.05) is 24.5 Å². The normalized spacial score (nSPS) is 21.9. The molecule has 5 nitrogen and oxygen atoms in total. The molecule has 1 aliphatic carbocycles. The van der Waals surface area contributed by atoms with Crippen LogP contribution in [0.1, 0.15) is 86.6 Å². The van der Waals surface area contributed by atoms with Crippen LogP contribution in [0.4, 0.5) is 4.79 Å². The van der Waals surface area contributed by atoms with Crippen molar-refractivity contribution in [2.24, 2.45) is 5.41 Å². The Balaban J connectivity index is 1.19. The largest absolute Gasteiger partial charge is 0.488 e. The number of carbonyl (C=O) groups is 1. The van der Waals surface area contributed by atoms with E-state index in [2.05, 4.69) is 62.1 Å². The summed E-state index contributed by atoms with van der Waals surface area (Å²) in [5.41, 5.74) is 6.48. The molecular weight excluding hydrogens is 472 g/mol. The van der Waals surface area contributed by atoms with Crippen LogP contribution in [0.15, 0.2) is 36.4 Å². The highest BCUT2D eigenvalue weighted by molar-refractivity contribution is 5.69. The molecule has 2 heterocycles. The van der Waals surface area contributed by atoms with E-state index in [0.29, 0.717) is 24.0 Å². The SMILES string of the molecule is Cc1cc(C2CCN([C@@H]3CCC4(C3)CN(C(=O)OC(C)(C)C)C4)CC2)c(OCc2ccccc2)c(C)c1C. The molecule has 1 atom stereocenters. The number of carbonyl (C=O) groups excluding carboxylic acids is 1. The first-order valence-electron chi connectivity index (χ1n) is 14.5. The Morgan fingerprint density at radius 3 is 2.34 bits per heavy atom. The summed E-state index contributed by atoms with van der Waals surface area (Å²) in [4.78, 5) is 17.1. The fourth-order valence-corrected chi connectivity index (χ4v) is 6.88. The average Bonchev–Trinajstić information content (AvgIpc) is 3.31. The van der Waals surface area contributed by atoms with Crippen molar-refractivity contribution >= 4 is 6.09 Å². The molecule has 0 radical (unpaired) electrons. The monoisotopic (exact) mass is 518 g/mol. The summed E-state index contributed by atoms with van der Waals surface area (Å²) < 4.78 is 12.1. The maximum atomic E-state index is 12.4. The predicted molar refractivity (Wildman–Crippen MR) is 153 cm³/mol. The summed E-state index contributed by atoms with van der Waals surface area (Å²) in [5.74, 6) is 1.64. The third-order valence-electron chi connectivity index (χ3n) is 9.22. The Kier molecular flexibility index (Phi) is 7.52. The Bertz CT molecular complexity index is 1140. The van der Waals surface area contributed by atoms with E-state index in [4.69, 9.17) is 9.47 Å². The van der Waals surface area contributed by atoms with Crippen molar-refractivity contribution in [2.45, 2.75) is 97.8 Å². The van der Waals surface area contributed by atoms with Gasteiger partial charge in [-0.3, -0.25) is 0 Å². The van der Waals surface area contributed by atoms with Crippen LogP contribution < -0.4 is 4.74 Å². The van der Waals surface area contributed by atoms with Crippen LogP contribution in [0.3, 0.4) is 0 Å². The lowest BCUT2D eigenvalue weighted by Gasteiger charge is -2.48. The minimum Gasteiger partial charge on any atom is -0.488 e. The molecule has 5 heteroatoms. The second-order valence-electron chi connectivity index (χ2n) is 13.2. The molecular formula is C33H46N2O3. The molecule has 3 aliphatic rings. The highest BCUT2D eigenvalue weighted by atomic mass is 16.6. The van der Waals surface area contributed by atoms with Crippen molar-refractivity contribution in [1.29, 1.82) is 0 Å². The summed E-state index contributed by atoms with van der Waals surface area (Å²) >= 11 is 0. The first-order valence-corrected chi connectivity index (χ1v) is 14.5. The molecule has 5 rings (SSSR count). The number of aryl methyl sites for hydroxylation is 1. The van der Waals surface area contributed by atoms with E-state index in [1.54, 1.807) is 0 Å². The van der Waals surface area contributed by atoms with Crippen LogP contribution in [0.5, 0.6) is 5.75 Å². The summed E-state index contributed by atoms with van der Waals surface area (Å²) in [7, 11) is 0. The molecule has 3 fully saturated rings. The number of benzene rings is 2. The van der Waals surface area contributed by atoms with Gasteiger partial charge in [-0.25, -0.2) is 4.79 Å². The number of ether oxygens (including phenoxy) is 2. The van der Waals surface area contributed by atoms with E-state index in [1.165, 1.54) is 59.9 Å². The molecule has 1 amide bonds. The van der Waals surface area contributed by atoms with Crippen LogP contribution in [0.2, 0.25) is 0 Å². The smallest absolute Gasteiger partial charge is 0.410 e. The molecule has 0 aromatic heterocycles. The zero-order valence-corrected chi connectivity index (χ0v) is 24.3. The van der Waals surface area contributed by atoms with Crippen molar-refractivity contribution in [3.8, 4) is 5.75 Å². The second kappa shape index (κ2) is 10.6. The third kappa shape index (κ3) is 5.73. The molecule has 1 saturated carbocycles. The van der Waals surface area contributed by atoms with Gasteiger partial charge in [-0.05, 0) is 120 Å². The van der Waals surface area contributed by atoms with Gasteiger partial charge in [0.2, 0.25) is 0 Å². The van der Waals surface area contributed by atoms with Gasteiger partial charge in [-0.1, -0.05) is 36.4 Å². The van der Waals surface area contributed by atoms with Crippen LogP contribution >= 0.6 is 0 Å². The molecule has 0 unspecified atom stereocenters. The third-order valence-corrected chi connectivity index (χ3v) is 9.22. The van der Waals surface area contributed by atoms with Gasteiger partial charge >= 0.3 is 6.09 Å². The standard InChI is InChI=1S/C33H46N2O3/c1-23-18-29(30(25(3)24(23)2)37-20-26-10-8-7-9-11-26)27-13-16-34(17-14-27)28-12-15-33(19-28)21-35(22-33)31(36)38-32(4,5)6/h7-11,18,27-28H,12-17,19-22H2,1-6H3/t28-/m1/s1. The molecule has 0 bridgehead atoms. The molecule has 2 saturated heterocycles. The molecule has 2 aromatic rings. The van der Waals surface area contributed by atoms with Crippen LogP contribution in [0.25, 0.3) is 0 Å². The molecule has 2 aliphatic heterocycles. The zero-order valence-electron chi connectivity index (χ0n) is 24.3. The predicted octanol–water partition coefficient (Wildman–Crippen LogP) is 7.16. The van der Waals surface area contributed by atoms with Crippen molar-refractivity contribution in [3.05, 3.63) is 64.2 Å². The Morgan fingerprint density at radius 1 is 1.00 bits per heavy atom. The summed E-state index contributed by atoms with van der Waals surface area (Å²) in [5, 5.41) is 0. The topological polar surface area (TPSA) is 42.0 Å². The fourth-order valence-electron chi connectivity index (χ4n) is 6.88. The zero-order chi connectivity index (χ0) is 27.1. The first kappa shape index (κ1) is 27.1. The lowest BCUT2D eigenvalue weighted by molar-refractivity contribution is -0.0347. The highest BCUT2D eigenvalue weighted by Crippen LogP contribution is 2.48. The summed E-state index contributed by atoms with van der Waals surface area (Å²) in [6, 6.07) is 13.5. The van der Waals surface area contributed by atoms with Crippen molar-refractivity contribution in [2.75, 3.05) is 26.2 Å². The van der Waals surface area contributed by atoms with Gasteiger partial charge < -0.3 is 19.3 Å². The van der Waals surface area contributed by atoms with E-state index in [0.717, 1.165) is 31.9 Å². The Morgan fingerprint density at radius 2 is 1.68 bits per heavy atom. The Labute approximate surface area is 229 Å². The summed E-state index contributed by atoms with van der Waals surface area (Å²) in [6.45, 7) is 17.1. The van der Waals surface area contributed by atoms with Gasteiger partial charge in [0.15, 0.2) is 0 Å². The minimum atomic E-state index is -0.427. The number of rotatable bonds is 5. The molecule has 1 spiro atoms. The first-order chi connectivity index (χ1) is 18.0. The van der Waals surface area contributed by atoms with Gasteiger partial charge in [0.1, 0.15) is 18.0 Å². The number of hydrogen-bond acceptors (Lipinski definition) is 4. The molecule has 206 valence electrons. The van der Waals surface area contributed by atoms with Gasteiger partial charge in [-0.15, -0.1) is 0 Å². The van der Waals surface area contributed by atoms with Crippen LogP contribution in [0, 0.1) is 26.2 Å². The van der Waals surface area contributed by atoms with E-state index in [-0.39, 0.29) is 6.09 Å². The van der Waals surface area contributed by atoms with E-state index < -0.39 is 5.60 Å². The fraction of sp³-hybridized carbons (Fsp3) is 0.606. The number of likely N-dealkylation sites (tertiary alicyclic amines) is 2. The van der Waals surface area contributed by atoms with Crippen molar-refractivity contribution in [3.63, 3.8) is 0 Å². The van der Waals surface area contributed by atoms with E-state index in [1.807, 2.05) is 25.7 Å². The average molecular weight is 519 g/mol. The lowest BCUT2D eigenvalue weighted by Crippen LogP contribution is -2.58. The van der Waals surface area contributed by atoms with Gasteiger partial charge in [0.05, 0.1) is 0 Å². The van der Waals surface area contributed by atoms with Crippen LogP contribution in [-0.2, 0) is 11.3 Å². The number of nitrogens with zero attached hydrogens (tertiary/aromatic N) is 2. The van der Waals surface area contributed by atoms with E-state index >= 15 is 0 Å². The second-order valence-corrected chi connectivity index (χ2v) is 13.2.